The first-order chi connectivity index (χ1) is 20.1. The quantitative estimate of drug-likeness (QED) is 0.163. The Labute approximate surface area is 260 Å². The van der Waals surface area contributed by atoms with Crippen LogP contribution in [0.15, 0.2) is 89.8 Å². The fraction of sp³-hybridized carbons (Fsp3) is 0.0714. The van der Waals surface area contributed by atoms with Gasteiger partial charge in [-0.05, 0) is 60.2 Å². The van der Waals surface area contributed by atoms with Gasteiger partial charge in [-0.1, -0.05) is 65.1 Å². The number of fused-ring (bicyclic) bond motifs is 1. The summed E-state index contributed by atoms with van der Waals surface area (Å²) < 4.78 is 37.3. The van der Waals surface area contributed by atoms with Crippen molar-refractivity contribution < 1.29 is 18.0 Å². The zero-order valence-corrected chi connectivity index (χ0v) is 25.2. The first-order valence-electron chi connectivity index (χ1n) is 12.2. The van der Waals surface area contributed by atoms with Gasteiger partial charge in [0.25, 0.3) is 15.9 Å². The second-order valence-electron chi connectivity index (χ2n) is 8.97. The van der Waals surface area contributed by atoms with Crippen LogP contribution in [0, 0.1) is 0 Å². The van der Waals surface area contributed by atoms with Crippen molar-refractivity contribution in [3.8, 4) is 0 Å². The molecule has 42 heavy (non-hydrogen) atoms. The van der Waals surface area contributed by atoms with Gasteiger partial charge in [0.15, 0.2) is 0 Å². The Hall–Kier alpha value is -3.74. The van der Waals surface area contributed by atoms with E-state index in [1.807, 2.05) is 6.07 Å². The summed E-state index contributed by atoms with van der Waals surface area (Å²) in [5.41, 5.74) is 1.65. The third kappa shape index (κ3) is 6.66. The van der Waals surface area contributed by atoms with Gasteiger partial charge in [0, 0.05) is 17.3 Å². The lowest BCUT2D eigenvalue weighted by Gasteiger charge is -2.19. The van der Waals surface area contributed by atoms with Crippen molar-refractivity contribution in [2.45, 2.75) is 10.8 Å². The maximum absolute atomic E-state index is 13.4. The maximum atomic E-state index is 13.4. The smallest absolute Gasteiger partial charge is 0.264 e. The van der Waals surface area contributed by atoms with E-state index in [9.17, 15) is 18.0 Å². The van der Waals surface area contributed by atoms with Gasteiger partial charge in [0.2, 0.25) is 5.91 Å². The molecule has 9 nitrogen and oxygen atoms in total. The van der Waals surface area contributed by atoms with Crippen molar-refractivity contribution in [2.24, 2.45) is 0 Å². The highest BCUT2D eigenvalue weighted by molar-refractivity contribution is 7.93. The fourth-order valence-electron chi connectivity index (χ4n) is 4.13. The second-order valence-corrected chi connectivity index (χ2v) is 12.4. The van der Waals surface area contributed by atoms with E-state index in [4.69, 9.17) is 34.8 Å². The summed E-state index contributed by atoms with van der Waals surface area (Å²) in [5, 5.41) is 6.33. The molecule has 5 aromatic rings. The Bertz CT molecular complexity index is 1900. The van der Waals surface area contributed by atoms with E-state index in [-0.39, 0.29) is 38.3 Å². The number of halogens is 3. The number of carbonyl (C=O) groups excluding carboxylic acids is 2. The van der Waals surface area contributed by atoms with Gasteiger partial charge in [-0.3, -0.25) is 14.3 Å². The van der Waals surface area contributed by atoms with E-state index >= 15 is 0 Å². The monoisotopic (exact) mass is 659 g/mol. The van der Waals surface area contributed by atoms with Crippen LogP contribution >= 0.6 is 46.5 Å². The number of nitrogens with one attached hydrogen (secondary N) is 3. The van der Waals surface area contributed by atoms with Gasteiger partial charge in [-0.25, -0.2) is 8.42 Å². The third-order valence-electron chi connectivity index (χ3n) is 6.18. The van der Waals surface area contributed by atoms with Crippen LogP contribution in [0.4, 0.5) is 11.4 Å². The van der Waals surface area contributed by atoms with E-state index in [2.05, 4.69) is 24.1 Å². The molecule has 1 aromatic heterocycles. The van der Waals surface area contributed by atoms with Gasteiger partial charge < -0.3 is 10.6 Å². The van der Waals surface area contributed by atoms with E-state index in [0.29, 0.717) is 21.8 Å². The number of sulfonamides is 1. The second kappa shape index (κ2) is 12.6. The van der Waals surface area contributed by atoms with Gasteiger partial charge >= 0.3 is 0 Å². The molecule has 0 aliphatic rings. The molecule has 0 radical (unpaired) electrons. The molecule has 2 amide bonds. The highest BCUT2D eigenvalue weighted by Gasteiger charge is 2.26. The summed E-state index contributed by atoms with van der Waals surface area (Å²) in [4.78, 5) is 26.7. The molecule has 0 unspecified atom stereocenters. The molecule has 1 heterocycles. The number of hydrogen-bond acceptors (Lipinski definition) is 7. The van der Waals surface area contributed by atoms with Crippen LogP contribution < -0.4 is 15.4 Å². The molecule has 0 aliphatic heterocycles. The summed E-state index contributed by atoms with van der Waals surface area (Å²) in [6, 6.07) is 22.4. The first-order valence-corrected chi connectivity index (χ1v) is 15.6. The van der Waals surface area contributed by atoms with Crippen LogP contribution in [0.3, 0.4) is 0 Å². The van der Waals surface area contributed by atoms with Crippen molar-refractivity contribution in [1.29, 1.82) is 0 Å². The zero-order valence-electron chi connectivity index (χ0n) is 21.3. The number of rotatable bonds is 9. The third-order valence-corrected chi connectivity index (χ3v) is 9.09. The summed E-state index contributed by atoms with van der Waals surface area (Å²) in [6.07, 6.45) is 0. The first kappa shape index (κ1) is 29.7. The van der Waals surface area contributed by atoms with Crippen LogP contribution in [0.2, 0.25) is 15.1 Å². The maximum Gasteiger partial charge on any atom is 0.264 e. The van der Waals surface area contributed by atoms with Crippen LogP contribution in [0.1, 0.15) is 21.8 Å². The molecular weight excluding hydrogens is 641 g/mol. The number of benzene rings is 4. The average molecular weight is 661 g/mol. The summed E-state index contributed by atoms with van der Waals surface area (Å²) >= 11 is 19.4. The molecule has 4 aromatic carbocycles. The fourth-order valence-corrected chi connectivity index (χ4v) is 6.45. The predicted octanol–water partition coefficient (Wildman–Crippen LogP) is 6.60. The van der Waals surface area contributed by atoms with Crippen molar-refractivity contribution >= 4 is 90.8 Å². The molecule has 0 spiro atoms. The Morgan fingerprint density at radius 1 is 0.857 bits per heavy atom. The molecule has 1 atom stereocenters. The molecule has 5 rings (SSSR count). The molecule has 0 fully saturated rings. The standard InChI is InChI=1S/C28H20Cl3N5O4S2/c29-17-10-11-19(24(14-17)36-42(39,40)25-8-4-7-23-26(25)35-41-34-23)27(37)32-15-20(16-9-12-21(30)22(31)13-16)28(38)33-18-5-2-1-3-6-18/h1-14,20,36H,15H2,(H,32,37)(H,33,38)/t20-/m1/s1. The van der Waals surface area contributed by atoms with Crippen molar-refractivity contribution in [3.63, 3.8) is 0 Å². The topological polar surface area (TPSA) is 130 Å². The Morgan fingerprint density at radius 2 is 1.64 bits per heavy atom. The number of anilines is 2. The molecule has 14 heteroatoms. The van der Waals surface area contributed by atoms with Crippen LogP contribution in [-0.2, 0) is 14.8 Å². The van der Waals surface area contributed by atoms with E-state index < -0.39 is 27.8 Å². The molecule has 3 N–H and O–H groups in total. The molecular formula is C28H20Cl3N5O4S2. The molecule has 0 aliphatic carbocycles. The van der Waals surface area contributed by atoms with Crippen molar-refractivity contribution in [3.05, 3.63) is 111 Å². The predicted molar refractivity (Wildman–Crippen MR) is 166 cm³/mol. The van der Waals surface area contributed by atoms with Gasteiger partial charge in [0.1, 0.15) is 15.9 Å². The number of nitrogens with zero attached hydrogens (tertiary/aromatic N) is 2. The molecule has 214 valence electrons. The number of amides is 2. The van der Waals surface area contributed by atoms with Gasteiger partial charge in [-0.2, -0.15) is 8.75 Å². The highest BCUT2D eigenvalue weighted by atomic mass is 35.5. The number of hydrogen-bond donors (Lipinski definition) is 3. The summed E-state index contributed by atoms with van der Waals surface area (Å²) in [5.74, 6) is -1.91. The molecule has 0 bridgehead atoms. The molecule has 0 saturated heterocycles. The minimum atomic E-state index is -4.19. The Morgan fingerprint density at radius 3 is 2.40 bits per heavy atom. The minimum Gasteiger partial charge on any atom is -0.351 e. The average Bonchev–Trinajstić information content (AvgIpc) is 3.44. The van der Waals surface area contributed by atoms with Gasteiger partial charge in [0.05, 0.1) is 38.9 Å². The van der Waals surface area contributed by atoms with E-state index in [1.54, 1.807) is 54.6 Å². The van der Waals surface area contributed by atoms with Crippen molar-refractivity contribution in [2.75, 3.05) is 16.6 Å². The SMILES string of the molecule is O=C(NC[C@@H](C(=O)Nc1ccccc1)c1ccc(Cl)c(Cl)c1)c1ccc(Cl)cc1NS(=O)(=O)c1cccc2nsnc12. The lowest BCUT2D eigenvalue weighted by Crippen LogP contribution is -2.34. The van der Waals surface area contributed by atoms with E-state index in [1.165, 1.54) is 24.3 Å². The Balaban J connectivity index is 1.41. The lowest BCUT2D eigenvalue weighted by molar-refractivity contribution is -0.117. The molecule has 0 saturated carbocycles. The van der Waals surface area contributed by atoms with Crippen molar-refractivity contribution in [1.82, 2.24) is 14.1 Å². The number of aromatic nitrogens is 2. The summed E-state index contributed by atoms with van der Waals surface area (Å²) in [6.45, 7) is -0.145. The number of para-hydroxylation sites is 1. The van der Waals surface area contributed by atoms with Gasteiger partial charge in [-0.15, -0.1) is 0 Å². The van der Waals surface area contributed by atoms with Crippen LogP contribution in [-0.4, -0.2) is 35.5 Å². The van der Waals surface area contributed by atoms with Crippen LogP contribution in [0.5, 0.6) is 0 Å². The highest BCUT2D eigenvalue weighted by Crippen LogP contribution is 2.29. The normalized spacial score (nSPS) is 12.1. The minimum absolute atomic E-state index is 0.0112. The zero-order chi connectivity index (χ0) is 29.9. The number of carbonyl (C=O) groups is 2. The summed E-state index contributed by atoms with van der Waals surface area (Å²) in [7, 11) is -4.19. The van der Waals surface area contributed by atoms with Crippen LogP contribution in [0.25, 0.3) is 11.0 Å². The van der Waals surface area contributed by atoms with E-state index in [0.717, 1.165) is 11.7 Å². The largest absolute Gasteiger partial charge is 0.351 e. The Kier molecular flexibility index (Phi) is 8.95. The lowest BCUT2D eigenvalue weighted by atomic mass is 9.97.